The van der Waals surface area contributed by atoms with Crippen molar-refractivity contribution in [1.29, 1.82) is 0 Å². The van der Waals surface area contributed by atoms with Crippen molar-refractivity contribution in [3.05, 3.63) is 79.8 Å². The van der Waals surface area contributed by atoms with Crippen LogP contribution in [0.2, 0.25) is 25.7 Å². The molecular weight excluding hydrogens is 742 g/mol. The third-order valence-electron chi connectivity index (χ3n) is 9.93. The molecule has 286 valence electrons. The van der Waals surface area contributed by atoms with E-state index in [1.54, 1.807) is 17.4 Å². The Labute approximate surface area is 324 Å². The van der Waals surface area contributed by atoms with Crippen molar-refractivity contribution in [1.82, 2.24) is 24.6 Å². The fraction of sp³-hybridized carbons (Fsp3) is 0.462. The van der Waals surface area contributed by atoms with E-state index in [2.05, 4.69) is 53.3 Å². The summed E-state index contributed by atoms with van der Waals surface area (Å²) in [6.07, 6.45) is 3.68. The molecule has 0 saturated heterocycles. The lowest BCUT2D eigenvalue weighted by molar-refractivity contribution is 0.0593. The number of methoxy groups -OCH3 is 1. The highest BCUT2D eigenvalue weighted by Gasteiger charge is 2.29. The number of hydrogen-bond donors (Lipinski definition) is 0. The average molecular weight is 790 g/mol. The van der Waals surface area contributed by atoms with Gasteiger partial charge in [-0.25, -0.2) is 14.2 Å². The van der Waals surface area contributed by atoms with Crippen LogP contribution in [0.5, 0.6) is 5.75 Å². The molecule has 0 spiro atoms. The topological polar surface area (TPSA) is 107 Å². The molecule has 11 nitrogen and oxygen atoms in total. The van der Waals surface area contributed by atoms with Gasteiger partial charge in [-0.05, 0) is 87.5 Å². The highest BCUT2D eigenvalue weighted by molar-refractivity contribution is 7.16. The van der Waals surface area contributed by atoms with Crippen molar-refractivity contribution >= 4 is 63.7 Å². The fourth-order valence-corrected chi connectivity index (χ4v) is 9.71. The number of hydrogen-bond acceptors (Lipinski definition) is 12. The summed E-state index contributed by atoms with van der Waals surface area (Å²) in [6.45, 7) is 12.9. The predicted octanol–water partition coefficient (Wildman–Crippen LogP) is 7.81. The number of likely N-dealkylation sites (N-methyl/N-ethyl adjacent to an activating group) is 1. The number of halogens is 1. The highest BCUT2D eigenvalue weighted by atomic mass is 32.1. The third kappa shape index (κ3) is 8.44. The number of rotatable bonds is 13. The first kappa shape index (κ1) is 38.3. The molecular formula is C39H48FN7O4S2Si. The molecule has 0 radical (unpaired) electrons. The molecule has 0 bridgehead atoms. The molecule has 0 unspecified atom stereocenters. The summed E-state index contributed by atoms with van der Waals surface area (Å²) in [5.74, 6) is 0.741. The van der Waals surface area contributed by atoms with Gasteiger partial charge in [0.05, 0.1) is 23.9 Å². The van der Waals surface area contributed by atoms with Crippen LogP contribution in [0.1, 0.15) is 50.5 Å². The minimum Gasteiger partial charge on any atom is -0.490 e. The Morgan fingerprint density at radius 2 is 1.89 bits per heavy atom. The van der Waals surface area contributed by atoms with Gasteiger partial charge in [-0.15, -0.1) is 21.5 Å². The number of aryl methyl sites for hydroxylation is 1. The Kier molecular flexibility index (Phi) is 11.6. The van der Waals surface area contributed by atoms with E-state index in [0.717, 1.165) is 93.0 Å². The van der Waals surface area contributed by atoms with Crippen LogP contribution in [0, 0.1) is 12.7 Å². The standard InChI is InChI=1S/C39H48FN7O4S2Si/c1-25-28-11-9-16-46(36(28)44-43-35(25)42-39-47(24-50-19-20-54(4,5)6)30-12-7-8-13-32(30)52-39)38-41-34(37(48)49-3)33(53-38)14-10-18-51-31-22-26-15-17-45(2)23-27(26)21-29(31)40/h7-8,12-13,21-22H,9-11,14-20,23-24H2,1-6H3/b42-39-. The summed E-state index contributed by atoms with van der Waals surface area (Å²) in [6, 6.07) is 12.8. The second-order valence-electron chi connectivity index (χ2n) is 15.2. The minimum absolute atomic E-state index is 0.273. The summed E-state index contributed by atoms with van der Waals surface area (Å²) in [4.78, 5) is 28.6. The van der Waals surface area contributed by atoms with Crippen LogP contribution in [-0.4, -0.2) is 79.2 Å². The highest BCUT2D eigenvalue weighted by Crippen LogP contribution is 2.39. The van der Waals surface area contributed by atoms with E-state index in [9.17, 15) is 9.18 Å². The molecule has 2 aromatic carbocycles. The molecule has 3 aromatic heterocycles. The number of para-hydroxylation sites is 1. The summed E-state index contributed by atoms with van der Waals surface area (Å²) < 4.78 is 35.3. The maximum Gasteiger partial charge on any atom is 0.357 e. The summed E-state index contributed by atoms with van der Waals surface area (Å²) in [5.41, 5.74) is 5.54. The van der Waals surface area contributed by atoms with Crippen molar-refractivity contribution in [3.8, 4) is 5.75 Å². The van der Waals surface area contributed by atoms with Gasteiger partial charge in [-0.3, -0.25) is 4.57 Å². The molecule has 0 N–H and O–H groups in total. The number of anilines is 2. The lowest BCUT2D eigenvalue weighted by Gasteiger charge is -2.28. The Balaban J connectivity index is 1.10. The SMILES string of the molecule is COC(=O)c1nc(N2CCCc3c2nnc(/N=c2\sc4ccccc4n2COCC[Si](C)(C)C)c3C)sc1CCCOc1cc2c(cc1F)CN(C)CC2. The molecule has 0 aliphatic carbocycles. The minimum atomic E-state index is -1.22. The predicted molar refractivity (Wildman–Crippen MR) is 215 cm³/mol. The second kappa shape index (κ2) is 16.4. The second-order valence-corrected chi connectivity index (χ2v) is 22.9. The first-order valence-corrected chi connectivity index (χ1v) is 23.9. The van der Waals surface area contributed by atoms with Crippen molar-refractivity contribution in [3.63, 3.8) is 0 Å². The van der Waals surface area contributed by atoms with Gasteiger partial charge in [0, 0.05) is 50.3 Å². The van der Waals surface area contributed by atoms with Gasteiger partial charge in [-0.1, -0.05) is 43.1 Å². The number of esters is 1. The number of ether oxygens (including phenoxy) is 3. The lowest BCUT2D eigenvalue weighted by Crippen LogP contribution is -2.27. The Morgan fingerprint density at radius 3 is 2.70 bits per heavy atom. The van der Waals surface area contributed by atoms with Gasteiger partial charge in [0.15, 0.2) is 38.8 Å². The van der Waals surface area contributed by atoms with Crippen molar-refractivity contribution < 1.29 is 23.4 Å². The van der Waals surface area contributed by atoms with E-state index in [1.807, 2.05) is 30.1 Å². The Hall–Kier alpha value is -4.02. The Bertz CT molecular complexity index is 2230. The van der Waals surface area contributed by atoms with Crippen molar-refractivity contribution in [2.75, 3.05) is 45.4 Å². The van der Waals surface area contributed by atoms with Gasteiger partial charge in [-0.2, -0.15) is 4.99 Å². The summed E-state index contributed by atoms with van der Waals surface area (Å²) in [5, 5.41) is 10.0. The monoisotopic (exact) mass is 789 g/mol. The van der Waals surface area contributed by atoms with Crippen LogP contribution >= 0.6 is 22.7 Å². The van der Waals surface area contributed by atoms with Crippen molar-refractivity contribution in [2.24, 2.45) is 4.99 Å². The number of aromatic nitrogens is 4. The smallest absolute Gasteiger partial charge is 0.357 e. The molecule has 0 fully saturated rings. The first-order valence-electron chi connectivity index (χ1n) is 18.5. The number of fused-ring (bicyclic) bond motifs is 3. The zero-order valence-electron chi connectivity index (χ0n) is 31.9. The molecule has 5 aromatic rings. The molecule has 2 aliphatic heterocycles. The lowest BCUT2D eigenvalue weighted by atomic mass is 9.99. The number of carbonyl (C=O) groups is 1. The molecule has 5 heterocycles. The maximum absolute atomic E-state index is 14.9. The van der Waals surface area contributed by atoms with E-state index in [4.69, 9.17) is 29.3 Å². The normalized spacial score (nSPS) is 15.1. The quantitative estimate of drug-likeness (QED) is 0.0671. The van der Waals surface area contributed by atoms with Crippen molar-refractivity contribution in [2.45, 2.75) is 78.0 Å². The number of thiazole rings is 2. The van der Waals surface area contributed by atoms with Crippen LogP contribution in [-0.2, 0) is 42.0 Å². The molecule has 7 rings (SSSR count). The first-order chi connectivity index (χ1) is 26.0. The van der Waals surface area contributed by atoms with E-state index < -0.39 is 14.0 Å². The maximum atomic E-state index is 14.9. The van der Waals surface area contributed by atoms with Gasteiger partial charge in [0.2, 0.25) is 0 Å². The molecule has 54 heavy (non-hydrogen) atoms. The van der Waals surface area contributed by atoms with E-state index in [0.29, 0.717) is 43.7 Å². The van der Waals surface area contributed by atoms with Crippen LogP contribution in [0.3, 0.4) is 0 Å². The van der Waals surface area contributed by atoms with Gasteiger partial charge >= 0.3 is 5.97 Å². The van der Waals surface area contributed by atoms with E-state index in [-0.39, 0.29) is 17.3 Å². The zero-order valence-corrected chi connectivity index (χ0v) is 34.5. The largest absolute Gasteiger partial charge is 0.490 e. The third-order valence-corrected chi connectivity index (χ3v) is 13.8. The molecule has 15 heteroatoms. The molecule has 2 aliphatic rings. The number of carbonyl (C=O) groups excluding carboxylic acids is 1. The Morgan fingerprint density at radius 1 is 1.06 bits per heavy atom. The molecule has 0 atom stereocenters. The average Bonchev–Trinajstić information content (AvgIpc) is 3.73. The van der Waals surface area contributed by atoms with E-state index in [1.165, 1.54) is 18.4 Å². The zero-order chi connectivity index (χ0) is 38.0. The van der Waals surface area contributed by atoms with E-state index >= 15 is 0 Å². The van der Waals surface area contributed by atoms with Gasteiger partial charge in [0.1, 0.15) is 6.73 Å². The van der Waals surface area contributed by atoms with Gasteiger partial charge in [0.25, 0.3) is 0 Å². The van der Waals surface area contributed by atoms with Crippen LogP contribution in [0.4, 0.5) is 21.2 Å². The van der Waals surface area contributed by atoms with Crippen LogP contribution < -0.4 is 14.4 Å². The van der Waals surface area contributed by atoms with Crippen LogP contribution in [0.15, 0.2) is 41.4 Å². The van der Waals surface area contributed by atoms with Crippen LogP contribution in [0.25, 0.3) is 10.2 Å². The number of nitrogens with zero attached hydrogens (tertiary/aromatic N) is 7. The fourth-order valence-electron chi connectivity index (χ4n) is 6.82. The summed E-state index contributed by atoms with van der Waals surface area (Å²) >= 11 is 3.06. The number of benzene rings is 2. The molecule has 0 amide bonds. The molecule has 0 saturated carbocycles. The van der Waals surface area contributed by atoms with Gasteiger partial charge < -0.3 is 24.0 Å². The summed E-state index contributed by atoms with van der Waals surface area (Å²) in [7, 11) is 2.19.